The maximum atomic E-state index is 13.4. The van der Waals surface area contributed by atoms with Gasteiger partial charge in [0.1, 0.15) is 0 Å². The standard InChI is InChI=1S/C33H48N2O3/c1-22-27(29(36)34-16-15-32(5,6)30(37)38)20-28(35(22)21-23-11-9-8-10-12-23)24-17-25(31(2,3)4)19-26(18-24)33(7)13-14-33/h17-20,23H,8-16,21H2,1-7H3,(H,34,36)(H,37,38). The van der Waals surface area contributed by atoms with Crippen LogP contribution in [0.3, 0.4) is 0 Å². The highest BCUT2D eigenvalue weighted by atomic mass is 16.4. The van der Waals surface area contributed by atoms with Crippen LogP contribution in [-0.4, -0.2) is 28.1 Å². The minimum absolute atomic E-state index is 0.0308. The highest BCUT2D eigenvalue weighted by molar-refractivity contribution is 5.97. The molecule has 1 amide bonds. The average Bonchev–Trinajstić information content (AvgIpc) is 3.53. The Bertz CT molecular complexity index is 1160. The van der Waals surface area contributed by atoms with Gasteiger partial charge in [-0.05, 0) is 105 Å². The van der Waals surface area contributed by atoms with Crippen LogP contribution in [0.2, 0.25) is 0 Å². The summed E-state index contributed by atoms with van der Waals surface area (Å²) in [6, 6.07) is 9.18. The van der Waals surface area contributed by atoms with Crippen LogP contribution in [-0.2, 0) is 22.2 Å². The second-order valence-electron chi connectivity index (χ2n) is 13.9. The van der Waals surface area contributed by atoms with Crippen molar-refractivity contribution >= 4 is 11.9 Å². The predicted octanol–water partition coefficient (Wildman–Crippen LogP) is 7.62. The van der Waals surface area contributed by atoms with Gasteiger partial charge in [0.15, 0.2) is 0 Å². The average molecular weight is 521 g/mol. The largest absolute Gasteiger partial charge is 0.481 e. The smallest absolute Gasteiger partial charge is 0.309 e. The van der Waals surface area contributed by atoms with Crippen molar-refractivity contribution in [2.24, 2.45) is 11.3 Å². The molecule has 1 aromatic carbocycles. The van der Waals surface area contributed by atoms with Crippen molar-refractivity contribution in [2.45, 2.75) is 117 Å². The van der Waals surface area contributed by atoms with Crippen molar-refractivity contribution in [3.63, 3.8) is 0 Å². The quantitative estimate of drug-likeness (QED) is 0.357. The lowest BCUT2D eigenvalue weighted by molar-refractivity contribution is -0.147. The number of carbonyl (C=O) groups excluding carboxylic acids is 1. The lowest BCUT2D eigenvalue weighted by Crippen LogP contribution is -2.32. The van der Waals surface area contributed by atoms with E-state index in [0.717, 1.165) is 17.9 Å². The van der Waals surface area contributed by atoms with E-state index < -0.39 is 11.4 Å². The van der Waals surface area contributed by atoms with Crippen LogP contribution in [0, 0.1) is 18.3 Å². The van der Waals surface area contributed by atoms with E-state index in [-0.39, 0.29) is 16.7 Å². The minimum Gasteiger partial charge on any atom is -0.481 e. The van der Waals surface area contributed by atoms with Crippen LogP contribution >= 0.6 is 0 Å². The topological polar surface area (TPSA) is 71.3 Å². The molecule has 38 heavy (non-hydrogen) atoms. The van der Waals surface area contributed by atoms with Gasteiger partial charge in [0.05, 0.1) is 11.0 Å². The number of nitrogens with zero attached hydrogens (tertiary/aromatic N) is 1. The predicted molar refractivity (Wildman–Crippen MR) is 155 cm³/mol. The van der Waals surface area contributed by atoms with Crippen LogP contribution in [0.15, 0.2) is 24.3 Å². The van der Waals surface area contributed by atoms with Gasteiger partial charge in [-0.25, -0.2) is 0 Å². The lowest BCUT2D eigenvalue weighted by Gasteiger charge is -2.26. The molecule has 1 heterocycles. The molecular weight excluding hydrogens is 472 g/mol. The minimum atomic E-state index is -0.872. The number of carboxylic acid groups (broad SMARTS) is 1. The molecule has 0 radical (unpaired) electrons. The van der Waals surface area contributed by atoms with Crippen LogP contribution in [0.5, 0.6) is 0 Å². The maximum absolute atomic E-state index is 13.4. The van der Waals surface area contributed by atoms with E-state index in [2.05, 4.69) is 68.8 Å². The van der Waals surface area contributed by atoms with Crippen molar-refractivity contribution in [1.29, 1.82) is 0 Å². The fourth-order valence-electron chi connectivity index (χ4n) is 5.70. The zero-order valence-corrected chi connectivity index (χ0v) is 24.7. The molecule has 0 spiro atoms. The van der Waals surface area contributed by atoms with E-state index in [4.69, 9.17) is 0 Å². The third kappa shape index (κ3) is 6.18. The number of carboxylic acids is 1. The summed E-state index contributed by atoms with van der Waals surface area (Å²) in [7, 11) is 0. The summed E-state index contributed by atoms with van der Waals surface area (Å²) in [6.07, 6.45) is 9.22. The molecule has 2 aromatic rings. The van der Waals surface area contributed by atoms with Crippen molar-refractivity contribution in [1.82, 2.24) is 9.88 Å². The maximum Gasteiger partial charge on any atom is 0.309 e. The molecular formula is C33H48N2O3. The van der Waals surface area contributed by atoms with Crippen molar-refractivity contribution in [3.05, 3.63) is 46.6 Å². The molecule has 4 rings (SSSR count). The molecule has 2 N–H and O–H groups in total. The van der Waals surface area contributed by atoms with Crippen LogP contribution < -0.4 is 5.32 Å². The van der Waals surface area contributed by atoms with Gasteiger partial charge in [0.25, 0.3) is 5.91 Å². The van der Waals surface area contributed by atoms with Gasteiger partial charge >= 0.3 is 5.97 Å². The molecule has 1 aromatic heterocycles. The van der Waals surface area contributed by atoms with Crippen molar-refractivity contribution in [2.75, 3.05) is 6.54 Å². The lowest BCUT2D eigenvalue weighted by atomic mass is 9.82. The zero-order chi connectivity index (χ0) is 27.9. The number of aromatic nitrogens is 1. The monoisotopic (exact) mass is 520 g/mol. The molecule has 208 valence electrons. The first kappa shape index (κ1) is 28.4. The number of hydrogen-bond donors (Lipinski definition) is 2. The Morgan fingerprint density at radius 1 is 1.03 bits per heavy atom. The van der Waals surface area contributed by atoms with E-state index in [1.54, 1.807) is 13.8 Å². The Morgan fingerprint density at radius 2 is 1.68 bits per heavy atom. The molecule has 0 bridgehead atoms. The third-order valence-electron chi connectivity index (χ3n) is 9.18. The fourth-order valence-corrected chi connectivity index (χ4v) is 5.70. The first-order chi connectivity index (χ1) is 17.7. The van der Waals surface area contributed by atoms with E-state index in [9.17, 15) is 14.7 Å². The summed E-state index contributed by atoms with van der Waals surface area (Å²) >= 11 is 0. The fraction of sp³-hybridized carbons (Fsp3) is 0.636. The van der Waals surface area contributed by atoms with Gasteiger partial charge in [-0.3, -0.25) is 9.59 Å². The Hall–Kier alpha value is -2.56. The number of benzene rings is 1. The molecule has 2 fully saturated rings. The number of aliphatic carboxylic acids is 1. The van der Waals surface area contributed by atoms with Crippen LogP contribution in [0.25, 0.3) is 11.3 Å². The Morgan fingerprint density at radius 3 is 2.26 bits per heavy atom. The van der Waals surface area contributed by atoms with Gasteiger partial charge in [-0.15, -0.1) is 0 Å². The first-order valence-corrected chi connectivity index (χ1v) is 14.6. The molecule has 5 heteroatoms. The van der Waals surface area contributed by atoms with E-state index >= 15 is 0 Å². The van der Waals surface area contributed by atoms with E-state index in [1.165, 1.54) is 61.6 Å². The summed E-state index contributed by atoms with van der Waals surface area (Å²) < 4.78 is 2.40. The molecule has 0 saturated heterocycles. The summed E-state index contributed by atoms with van der Waals surface area (Å²) in [5.74, 6) is -0.330. The van der Waals surface area contributed by atoms with Crippen molar-refractivity contribution in [3.8, 4) is 11.3 Å². The summed E-state index contributed by atoms with van der Waals surface area (Å²) in [6.45, 7) is 15.9. The molecule has 0 aliphatic heterocycles. The van der Waals surface area contributed by atoms with Gasteiger partial charge in [-0.1, -0.05) is 53.0 Å². The summed E-state index contributed by atoms with van der Waals surface area (Å²) in [4.78, 5) is 24.9. The second kappa shape index (κ2) is 10.5. The third-order valence-corrected chi connectivity index (χ3v) is 9.18. The molecule has 5 nitrogen and oxygen atoms in total. The van der Waals surface area contributed by atoms with Gasteiger partial charge in [-0.2, -0.15) is 0 Å². The zero-order valence-electron chi connectivity index (χ0n) is 24.7. The molecule has 0 unspecified atom stereocenters. The van der Waals surface area contributed by atoms with E-state index in [1.807, 2.05) is 0 Å². The Balaban J connectivity index is 1.72. The van der Waals surface area contributed by atoms with Gasteiger partial charge in [0.2, 0.25) is 0 Å². The normalized spacial score (nSPS) is 17.9. The number of nitrogens with one attached hydrogen (secondary N) is 1. The van der Waals surface area contributed by atoms with Gasteiger partial charge < -0.3 is 15.0 Å². The highest BCUT2D eigenvalue weighted by Crippen LogP contribution is 2.49. The van der Waals surface area contributed by atoms with Crippen molar-refractivity contribution < 1.29 is 14.7 Å². The Kier molecular flexibility index (Phi) is 7.89. The van der Waals surface area contributed by atoms with Gasteiger partial charge in [0, 0.05) is 24.5 Å². The van der Waals surface area contributed by atoms with E-state index in [0.29, 0.717) is 24.4 Å². The number of amides is 1. The number of rotatable bonds is 9. The van der Waals surface area contributed by atoms with Crippen LogP contribution in [0.4, 0.5) is 0 Å². The number of hydrogen-bond acceptors (Lipinski definition) is 2. The molecule has 2 aliphatic carbocycles. The first-order valence-electron chi connectivity index (χ1n) is 14.6. The molecule has 2 saturated carbocycles. The SMILES string of the molecule is Cc1c(C(=O)NCCC(C)(C)C(=O)O)cc(-c2cc(C(C)(C)C)cc(C3(C)CC3)c2)n1CC1CCCCC1. The second-order valence-corrected chi connectivity index (χ2v) is 13.9. The molecule has 0 atom stereocenters. The Labute approximate surface area is 229 Å². The summed E-state index contributed by atoms with van der Waals surface area (Å²) in [5.41, 5.74) is 6.18. The number of carbonyl (C=O) groups is 2. The molecule has 2 aliphatic rings. The highest BCUT2D eigenvalue weighted by Gasteiger charge is 2.40. The summed E-state index contributed by atoms with van der Waals surface area (Å²) in [5, 5.41) is 12.4. The van der Waals surface area contributed by atoms with Crippen LogP contribution in [0.1, 0.15) is 120 Å².